The van der Waals surface area contributed by atoms with Gasteiger partial charge < -0.3 is 29.6 Å². The van der Waals surface area contributed by atoms with Crippen LogP contribution in [0.3, 0.4) is 0 Å². The zero-order chi connectivity index (χ0) is 34.2. The summed E-state index contributed by atoms with van der Waals surface area (Å²) in [4.78, 5) is 52.3. The van der Waals surface area contributed by atoms with E-state index in [1.165, 1.54) is 0 Å². The Bertz CT molecular complexity index is 1520. The molecular weight excluding hydrogens is 600 g/mol. The number of rotatable bonds is 12. The van der Waals surface area contributed by atoms with Crippen molar-refractivity contribution in [3.05, 3.63) is 95.6 Å². The van der Waals surface area contributed by atoms with Gasteiger partial charge in [-0.2, -0.15) is 0 Å². The molecule has 0 unspecified atom stereocenters. The molecule has 0 radical (unpaired) electrons. The molecule has 0 saturated carbocycles. The Morgan fingerprint density at radius 3 is 1.89 bits per heavy atom. The fourth-order valence-electron chi connectivity index (χ4n) is 5.63. The predicted octanol–water partition coefficient (Wildman–Crippen LogP) is 6.51. The second-order valence-electron chi connectivity index (χ2n) is 13.3. The zero-order valence-electron chi connectivity index (χ0n) is 27.8. The smallest absolute Gasteiger partial charge is 0.408 e. The van der Waals surface area contributed by atoms with Crippen molar-refractivity contribution >= 4 is 24.1 Å². The lowest BCUT2D eigenvalue weighted by molar-refractivity contribution is -0.157. The second kappa shape index (κ2) is 15.2. The first kappa shape index (κ1) is 35.0. The van der Waals surface area contributed by atoms with Crippen LogP contribution in [0, 0.1) is 5.92 Å². The number of ether oxygens (including phenoxy) is 4. The summed E-state index contributed by atoms with van der Waals surface area (Å²) in [5.41, 5.74) is 2.74. The Hall–Kier alpha value is -4.86. The lowest BCUT2D eigenvalue weighted by atomic mass is 9.91. The van der Waals surface area contributed by atoms with Crippen LogP contribution in [0.1, 0.15) is 70.6 Å². The van der Waals surface area contributed by atoms with Crippen molar-refractivity contribution in [3.63, 3.8) is 0 Å². The van der Waals surface area contributed by atoms with E-state index >= 15 is 0 Å². The number of benzene rings is 3. The molecule has 4 rings (SSSR count). The molecule has 2 N–H and O–H groups in total. The van der Waals surface area contributed by atoms with Crippen molar-refractivity contribution in [1.82, 2.24) is 10.6 Å². The van der Waals surface area contributed by atoms with Crippen molar-refractivity contribution in [1.29, 1.82) is 0 Å². The third-order valence-electron chi connectivity index (χ3n) is 7.57. The molecule has 1 aliphatic carbocycles. The summed E-state index contributed by atoms with van der Waals surface area (Å²) < 4.78 is 22.0. The molecule has 0 aromatic heterocycles. The standard InChI is InChI=1S/C37H44N2O8/c1-24(2)20-37(6,39-35(43)46-22-30-28-18-12-10-16-26(28)27-17-11-13-19-29(27)30)33(41)45-23-31(38-34(42)47-36(3,4)5)32(40)44-21-25-14-8-7-9-15-25/h7-19,24,30-31H,20-23H2,1-6H3,(H,38,42)(H,39,43)/t31-,37-/m1/s1. The molecule has 1 aliphatic rings. The SMILES string of the molecule is CC(C)C[C@@](C)(NC(=O)OCC1c2ccccc2-c2ccccc21)C(=O)OC[C@@H](NC(=O)OC(C)(C)C)C(=O)OCc1ccccc1. The maximum Gasteiger partial charge on any atom is 0.408 e. The van der Waals surface area contributed by atoms with Crippen molar-refractivity contribution < 1.29 is 38.1 Å². The van der Waals surface area contributed by atoms with Gasteiger partial charge in [-0.05, 0) is 67.9 Å². The van der Waals surface area contributed by atoms with Crippen molar-refractivity contribution in [2.75, 3.05) is 13.2 Å². The number of carbonyl (C=O) groups is 4. The number of hydrogen-bond donors (Lipinski definition) is 2. The average Bonchev–Trinajstić information content (AvgIpc) is 3.33. The summed E-state index contributed by atoms with van der Waals surface area (Å²) in [6.45, 7) is 9.87. The van der Waals surface area contributed by atoms with Crippen LogP contribution in [0.4, 0.5) is 9.59 Å². The van der Waals surface area contributed by atoms with Crippen molar-refractivity contribution in [3.8, 4) is 11.1 Å². The second-order valence-corrected chi connectivity index (χ2v) is 13.3. The van der Waals surface area contributed by atoms with Crippen LogP contribution in [0.25, 0.3) is 11.1 Å². The van der Waals surface area contributed by atoms with Crippen molar-refractivity contribution in [2.45, 2.75) is 77.7 Å². The summed E-state index contributed by atoms with van der Waals surface area (Å²) in [7, 11) is 0. The largest absolute Gasteiger partial charge is 0.461 e. The lowest BCUT2D eigenvalue weighted by Crippen LogP contribution is -2.55. The van der Waals surface area contributed by atoms with Gasteiger partial charge in [0.2, 0.25) is 0 Å². The predicted molar refractivity (Wildman–Crippen MR) is 176 cm³/mol. The van der Waals surface area contributed by atoms with Crippen molar-refractivity contribution in [2.24, 2.45) is 5.92 Å². The van der Waals surface area contributed by atoms with E-state index in [0.29, 0.717) is 0 Å². The number of esters is 2. The Kier molecular flexibility index (Phi) is 11.3. The Labute approximate surface area is 276 Å². The molecule has 2 amide bonds. The van der Waals surface area contributed by atoms with Crippen LogP contribution in [0.15, 0.2) is 78.9 Å². The molecule has 10 nitrogen and oxygen atoms in total. The molecule has 0 bridgehead atoms. The molecule has 2 atom stereocenters. The van der Waals surface area contributed by atoms with Gasteiger partial charge in [0.25, 0.3) is 0 Å². The Balaban J connectivity index is 1.42. The van der Waals surface area contributed by atoms with Crippen LogP contribution in [-0.2, 0) is 35.1 Å². The molecule has 0 saturated heterocycles. The van der Waals surface area contributed by atoms with Gasteiger partial charge in [-0.15, -0.1) is 0 Å². The van der Waals surface area contributed by atoms with Gasteiger partial charge in [-0.25, -0.2) is 19.2 Å². The maximum atomic E-state index is 13.6. The summed E-state index contributed by atoms with van der Waals surface area (Å²) in [6, 6.07) is 23.7. The minimum Gasteiger partial charge on any atom is -0.461 e. The van der Waals surface area contributed by atoms with Gasteiger partial charge in [-0.1, -0.05) is 92.7 Å². The van der Waals surface area contributed by atoms with Crippen LogP contribution in [0.2, 0.25) is 0 Å². The highest BCUT2D eigenvalue weighted by atomic mass is 16.6. The third-order valence-corrected chi connectivity index (χ3v) is 7.57. The van der Waals surface area contributed by atoms with Gasteiger partial charge >= 0.3 is 24.1 Å². The van der Waals surface area contributed by atoms with Gasteiger partial charge in [-0.3, -0.25) is 0 Å². The maximum absolute atomic E-state index is 13.6. The molecule has 250 valence electrons. The number of alkyl carbamates (subject to hydrolysis) is 2. The number of fused-ring (bicyclic) bond motifs is 3. The number of hydrogen-bond acceptors (Lipinski definition) is 8. The van der Waals surface area contributed by atoms with Crippen LogP contribution >= 0.6 is 0 Å². The normalized spacial score (nSPS) is 14.2. The highest BCUT2D eigenvalue weighted by Crippen LogP contribution is 2.44. The van der Waals surface area contributed by atoms with Crippen LogP contribution in [-0.4, -0.2) is 54.5 Å². The first-order chi connectivity index (χ1) is 22.3. The van der Waals surface area contributed by atoms with Gasteiger partial charge in [0.15, 0.2) is 6.04 Å². The fraction of sp³-hybridized carbons (Fsp3) is 0.405. The van der Waals surface area contributed by atoms with E-state index in [0.717, 1.165) is 27.8 Å². The van der Waals surface area contributed by atoms with Gasteiger partial charge in [0.1, 0.15) is 31.0 Å². The monoisotopic (exact) mass is 644 g/mol. The van der Waals surface area contributed by atoms with E-state index in [9.17, 15) is 19.2 Å². The number of nitrogens with one attached hydrogen (secondary N) is 2. The van der Waals surface area contributed by atoms with E-state index in [4.69, 9.17) is 18.9 Å². The molecule has 3 aromatic rings. The average molecular weight is 645 g/mol. The van der Waals surface area contributed by atoms with E-state index in [1.54, 1.807) is 52.0 Å². The third kappa shape index (κ3) is 9.57. The van der Waals surface area contributed by atoms with E-state index in [2.05, 4.69) is 10.6 Å². The Morgan fingerprint density at radius 2 is 1.32 bits per heavy atom. The quantitative estimate of drug-likeness (QED) is 0.169. The number of amides is 2. The molecule has 0 heterocycles. The van der Waals surface area contributed by atoms with Gasteiger partial charge in [0, 0.05) is 5.92 Å². The minimum absolute atomic E-state index is 0.0204. The molecule has 10 heteroatoms. The summed E-state index contributed by atoms with van der Waals surface area (Å²) in [5.74, 6) is -1.79. The Morgan fingerprint density at radius 1 is 0.745 bits per heavy atom. The van der Waals surface area contributed by atoms with Crippen LogP contribution < -0.4 is 10.6 Å². The fourth-order valence-corrected chi connectivity index (χ4v) is 5.63. The van der Waals surface area contributed by atoms with E-state index in [-0.39, 0.29) is 31.5 Å². The molecule has 0 spiro atoms. The zero-order valence-corrected chi connectivity index (χ0v) is 27.8. The molecule has 47 heavy (non-hydrogen) atoms. The highest BCUT2D eigenvalue weighted by Gasteiger charge is 2.40. The minimum atomic E-state index is -1.50. The highest BCUT2D eigenvalue weighted by molar-refractivity contribution is 5.86. The summed E-state index contributed by atoms with van der Waals surface area (Å²) in [6.07, 6.45) is -1.44. The van der Waals surface area contributed by atoms with E-state index < -0.39 is 47.9 Å². The molecule has 0 fully saturated rings. The summed E-state index contributed by atoms with van der Waals surface area (Å²) >= 11 is 0. The lowest BCUT2D eigenvalue weighted by Gasteiger charge is -2.30. The van der Waals surface area contributed by atoms with Crippen LogP contribution in [0.5, 0.6) is 0 Å². The molecular formula is C37H44N2O8. The molecule has 3 aromatic carbocycles. The first-order valence-corrected chi connectivity index (χ1v) is 15.8. The van der Waals surface area contributed by atoms with E-state index in [1.807, 2.05) is 68.4 Å². The topological polar surface area (TPSA) is 129 Å². The molecule has 0 aliphatic heterocycles. The summed E-state index contributed by atoms with van der Waals surface area (Å²) in [5, 5.41) is 5.14. The number of carbonyl (C=O) groups excluding carboxylic acids is 4. The van der Waals surface area contributed by atoms with Gasteiger partial charge in [0.05, 0.1) is 0 Å². The first-order valence-electron chi connectivity index (χ1n) is 15.8.